The molecule has 1 aromatic carbocycles. The summed E-state index contributed by atoms with van der Waals surface area (Å²) in [5, 5.41) is 0. The molecule has 0 heterocycles. The molecule has 1 aromatic rings. The summed E-state index contributed by atoms with van der Waals surface area (Å²) in [5.41, 5.74) is 6.89. The van der Waals surface area contributed by atoms with Crippen molar-refractivity contribution in [2.75, 3.05) is 20.8 Å². The van der Waals surface area contributed by atoms with Gasteiger partial charge < -0.3 is 15.4 Å². The first-order valence-electron chi connectivity index (χ1n) is 5.68. The fourth-order valence-electron chi connectivity index (χ4n) is 1.59. The second kappa shape index (κ2) is 7.04. The van der Waals surface area contributed by atoms with E-state index in [0.29, 0.717) is 19.6 Å². The number of hydrogen-bond donors (Lipinski definition) is 1. The molecule has 0 fully saturated rings. The van der Waals surface area contributed by atoms with Crippen LogP contribution >= 0.6 is 0 Å². The molecule has 17 heavy (non-hydrogen) atoms. The van der Waals surface area contributed by atoms with Gasteiger partial charge in [-0.2, -0.15) is 0 Å². The topological polar surface area (TPSA) is 55.6 Å². The van der Waals surface area contributed by atoms with Crippen LogP contribution in [-0.2, 0) is 16.1 Å². The lowest BCUT2D eigenvalue weighted by Gasteiger charge is -2.21. The Kier molecular flexibility index (Phi) is 5.66. The van der Waals surface area contributed by atoms with Crippen LogP contribution in [0, 0.1) is 0 Å². The van der Waals surface area contributed by atoms with Gasteiger partial charge in [0.2, 0.25) is 5.91 Å². The molecule has 4 heteroatoms. The van der Waals surface area contributed by atoms with Crippen molar-refractivity contribution in [1.29, 1.82) is 0 Å². The first kappa shape index (κ1) is 13.7. The molecule has 0 radical (unpaired) electrons. The Morgan fingerprint density at radius 3 is 2.65 bits per heavy atom. The number of nitrogens with two attached hydrogens (primary N) is 1. The molecular weight excluding hydrogens is 216 g/mol. The van der Waals surface area contributed by atoms with Gasteiger partial charge in [-0.25, -0.2) is 0 Å². The monoisotopic (exact) mass is 236 g/mol. The van der Waals surface area contributed by atoms with E-state index in [1.807, 2.05) is 30.3 Å². The van der Waals surface area contributed by atoms with E-state index >= 15 is 0 Å². The number of carbonyl (C=O) groups excluding carboxylic acids is 1. The van der Waals surface area contributed by atoms with Gasteiger partial charge in [0.05, 0.1) is 6.04 Å². The van der Waals surface area contributed by atoms with Gasteiger partial charge in [-0.15, -0.1) is 0 Å². The van der Waals surface area contributed by atoms with E-state index < -0.39 is 6.04 Å². The summed E-state index contributed by atoms with van der Waals surface area (Å²) in [4.78, 5) is 13.5. The average Bonchev–Trinajstić information content (AvgIpc) is 2.36. The molecule has 0 aliphatic heterocycles. The van der Waals surface area contributed by atoms with Crippen molar-refractivity contribution in [1.82, 2.24) is 4.90 Å². The molecule has 0 saturated carbocycles. The maximum atomic E-state index is 11.9. The number of benzene rings is 1. The Morgan fingerprint density at radius 1 is 1.41 bits per heavy atom. The van der Waals surface area contributed by atoms with E-state index in [1.165, 1.54) is 0 Å². The van der Waals surface area contributed by atoms with Crippen LogP contribution in [0.3, 0.4) is 0 Å². The zero-order chi connectivity index (χ0) is 12.7. The molecule has 1 amide bonds. The molecule has 0 aromatic heterocycles. The predicted octanol–water partition coefficient (Wildman–Crippen LogP) is 1.01. The van der Waals surface area contributed by atoms with E-state index in [2.05, 4.69) is 0 Å². The highest BCUT2D eigenvalue weighted by molar-refractivity contribution is 5.81. The summed E-state index contributed by atoms with van der Waals surface area (Å²) in [6.07, 6.45) is 0.550. The highest BCUT2D eigenvalue weighted by Gasteiger charge is 2.17. The molecule has 0 aliphatic rings. The summed E-state index contributed by atoms with van der Waals surface area (Å²) in [5.74, 6) is -0.0501. The Balaban J connectivity index is 2.47. The average molecular weight is 236 g/mol. The third-order valence-electron chi connectivity index (χ3n) is 2.59. The van der Waals surface area contributed by atoms with Gasteiger partial charge in [-0.05, 0) is 12.0 Å². The second-order valence-electron chi connectivity index (χ2n) is 4.07. The maximum absolute atomic E-state index is 11.9. The van der Waals surface area contributed by atoms with Crippen molar-refractivity contribution in [3.05, 3.63) is 35.9 Å². The minimum Gasteiger partial charge on any atom is -0.385 e. The molecule has 1 rings (SSSR count). The van der Waals surface area contributed by atoms with Crippen LogP contribution in [-0.4, -0.2) is 37.6 Å². The number of ether oxygens (including phenoxy) is 1. The second-order valence-corrected chi connectivity index (χ2v) is 4.07. The molecule has 0 bridgehead atoms. The number of carbonyl (C=O) groups is 1. The molecule has 2 N–H and O–H groups in total. The van der Waals surface area contributed by atoms with Crippen molar-refractivity contribution >= 4 is 5.91 Å². The van der Waals surface area contributed by atoms with Crippen LogP contribution < -0.4 is 5.73 Å². The number of hydrogen-bond acceptors (Lipinski definition) is 3. The van der Waals surface area contributed by atoms with Gasteiger partial charge in [-0.3, -0.25) is 4.79 Å². The molecule has 1 unspecified atom stereocenters. The third kappa shape index (κ3) is 4.54. The standard InChI is InChI=1S/C13H20N2O2/c1-15(10-11-6-4-3-5-7-11)13(16)12(14)8-9-17-2/h3-7,12H,8-10,14H2,1-2H3. The van der Waals surface area contributed by atoms with Crippen molar-refractivity contribution in [3.8, 4) is 0 Å². The molecule has 4 nitrogen and oxygen atoms in total. The SMILES string of the molecule is COCCC(N)C(=O)N(C)Cc1ccccc1. The van der Waals surface area contributed by atoms with E-state index in [1.54, 1.807) is 19.1 Å². The number of likely N-dealkylation sites (N-methyl/N-ethyl adjacent to an activating group) is 1. The molecular formula is C13H20N2O2. The summed E-state index contributed by atoms with van der Waals surface area (Å²) in [6, 6.07) is 9.37. The largest absolute Gasteiger partial charge is 0.385 e. The molecule has 0 spiro atoms. The molecule has 0 aliphatic carbocycles. The van der Waals surface area contributed by atoms with Gasteiger partial charge in [-0.1, -0.05) is 30.3 Å². The van der Waals surface area contributed by atoms with Crippen LogP contribution in [0.2, 0.25) is 0 Å². The lowest BCUT2D eigenvalue weighted by molar-refractivity contribution is -0.132. The lowest BCUT2D eigenvalue weighted by Crippen LogP contribution is -2.41. The summed E-state index contributed by atoms with van der Waals surface area (Å²) >= 11 is 0. The van der Waals surface area contributed by atoms with Crippen LogP contribution in [0.1, 0.15) is 12.0 Å². The number of nitrogens with zero attached hydrogens (tertiary/aromatic N) is 1. The van der Waals surface area contributed by atoms with Crippen molar-refractivity contribution in [3.63, 3.8) is 0 Å². The minimum atomic E-state index is -0.483. The van der Waals surface area contributed by atoms with E-state index in [4.69, 9.17) is 10.5 Å². The quantitative estimate of drug-likeness (QED) is 0.802. The zero-order valence-electron chi connectivity index (χ0n) is 10.4. The van der Waals surface area contributed by atoms with Gasteiger partial charge >= 0.3 is 0 Å². The number of amides is 1. The minimum absolute atomic E-state index is 0.0501. The zero-order valence-corrected chi connectivity index (χ0v) is 10.4. The predicted molar refractivity (Wildman–Crippen MR) is 67.4 cm³/mol. The van der Waals surface area contributed by atoms with Crippen LogP contribution in [0.5, 0.6) is 0 Å². The normalized spacial score (nSPS) is 12.2. The van der Waals surface area contributed by atoms with Gasteiger partial charge in [0.1, 0.15) is 0 Å². The van der Waals surface area contributed by atoms with Gasteiger partial charge in [0, 0.05) is 27.3 Å². The summed E-state index contributed by atoms with van der Waals surface area (Å²) < 4.78 is 4.91. The first-order chi connectivity index (χ1) is 8.15. The lowest BCUT2D eigenvalue weighted by atomic mass is 10.1. The van der Waals surface area contributed by atoms with Gasteiger partial charge in [0.25, 0.3) is 0 Å². The van der Waals surface area contributed by atoms with Crippen LogP contribution in [0.4, 0.5) is 0 Å². The van der Waals surface area contributed by atoms with Crippen molar-refractivity contribution in [2.45, 2.75) is 19.0 Å². The van der Waals surface area contributed by atoms with Crippen molar-refractivity contribution < 1.29 is 9.53 Å². The maximum Gasteiger partial charge on any atom is 0.239 e. The smallest absolute Gasteiger partial charge is 0.239 e. The number of methoxy groups -OCH3 is 1. The highest BCUT2D eigenvalue weighted by Crippen LogP contribution is 2.04. The Bertz CT molecular complexity index is 341. The van der Waals surface area contributed by atoms with Crippen molar-refractivity contribution in [2.24, 2.45) is 5.73 Å². The fraction of sp³-hybridized carbons (Fsp3) is 0.462. The third-order valence-corrected chi connectivity index (χ3v) is 2.59. The summed E-state index contributed by atoms with van der Waals surface area (Å²) in [7, 11) is 3.37. The van der Waals surface area contributed by atoms with E-state index in [0.717, 1.165) is 5.56 Å². The molecule has 94 valence electrons. The fourth-order valence-corrected chi connectivity index (χ4v) is 1.59. The Hall–Kier alpha value is -1.39. The van der Waals surface area contributed by atoms with E-state index in [9.17, 15) is 4.79 Å². The highest BCUT2D eigenvalue weighted by atomic mass is 16.5. The van der Waals surface area contributed by atoms with Crippen LogP contribution in [0.15, 0.2) is 30.3 Å². The number of rotatable bonds is 6. The molecule has 1 atom stereocenters. The summed E-state index contributed by atoms with van der Waals surface area (Å²) in [6.45, 7) is 1.09. The van der Waals surface area contributed by atoms with Gasteiger partial charge in [0.15, 0.2) is 0 Å². The first-order valence-corrected chi connectivity index (χ1v) is 5.68. The van der Waals surface area contributed by atoms with E-state index in [-0.39, 0.29) is 5.91 Å². The van der Waals surface area contributed by atoms with Crippen LogP contribution in [0.25, 0.3) is 0 Å². The Morgan fingerprint density at radius 2 is 2.06 bits per heavy atom. The molecule has 0 saturated heterocycles. The Labute approximate surface area is 102 Å².